The van der Waals surface area contributed by atoms with Crippen molar-refractivity contribution < 1.29 is 5.11 Å². The zero-order valence-electron chi connectivity index (χ0n) is 9.86. The van der Waals surface area contributed by atoms with E-state index in [0.29, 0.717) is 17.8 Å². The van der Waals surface area contributed by atoms with Gasteiger partial charge in [-0.15, -0.1) is 0 Å². The maximum Gasteiger partial charge on any atom is 0.108 e. The monoisotopic (exact) mass is 219 g/mol. The smallest absolute Gasteiger partial charge is 0.108 e. The van der Waals surface area contributed by atoms with Crippen LogP contribution in [-0.4, -0.2) is 22.2 Å². The molecule has 0 amide bonds. The number of aliphatic hydroxyl groups excluding tert-OH is 1. The lowest BCUT2D eigenvalue weighted by Gasteiger charge is -2.22. The van der Waals surface area contributed by atoms with Crippen LogP contribution in [0.5, 0.6) is 0 Å². The van der Waals surface area contributed by atoms with Crippen molar-refractivity contribution in [3.63, 3.8) is 0 Å². The molecule has 0 saturated carbocycles. The largest absolute Gasteiger partial charge is 0.385 e. The van der Waals surface area contributed by atoms with Gasteiger partial charge in [-0.25, -0.2) is 0 Å². The summed E-state index contributed by atoms with van der Waals surface area (Å²) in [4.78, 5) is 4.04. The van der Waals surface area contributed by atoms with Gasteiger partial charge in [-0.3, -0.25) is 4.98 Å². The van der Waals surface area contributed by atoms with Crippen LogP contribution >= 0.6 is 0 Å². The second-order valence-electron chi connectivity index (χ2n) is 4.73. The lowest BCUT2D eigenvalue weighted by Crippen LogP contribution is -2.38. The van der Waals surface area contributed by atoms with Gasteiger partial charge in [0.15, 0.2) is 0 Å². The van der Waals surface area contributed by atoms with E-state index in [0.717, 1.165) is 0 Å². The SMILES string of the molecule is CC(C)(C)NCC(O)c1ccc(C#N)cn1. The van der Waals surface area contributed by atoms with Crippen LogP contribution in [0.15, 0.2) is 18.3 Å². The van der Waals surface area contributed by atoms with Crippen LogP contribution in [0, 0.1) is 11.3 Å². The molecule has 1 rings (SSSR count). The fourth-order valence-corrected chi connectivity index (χ4v) is 1.18. The van der Waals surface area contributed by atoms with Crippen LogP contribution in [-0.2, 0) is 0 Å². The van der Waals surface area contributed by atoms with Crippen LogP contribution in [0.3, 0.4) is 0 Å². The molecule has 4 nitrogen and oxygen atoms in total. The Bertz CT molecular complexity index is 373. The fraction of sp³-hybridized carbons (Fsp3) is 0.500. The van der Waals surface area contributed by atoms with Crippen molar-refractivity contribution in [2.24, 2.45) is 0 Å². The summed E-state index contributed by atoms with van der Waals surface area (Å²) in [5.74, 6) is 0. The Morgan fingerprint density at radius 1 is 1.50 bits per heavy atom. The van der Waals surface area contributed by atoms with E-state index in [4.69, 9.17) is 5.26 Å². The third-order valence-electron chi connectivity index (χ3n) is 2.08. The van der Waals surface area contributed by atoms with Crippen molar-refractivity contribution in [2.45, 2.75) is 32.4 Å². The first-order valence-electron chi connectivity index (χ1n) is 5.21. The quantitative estimate of drug-likeness (QED) is 0.805. The molecular formula is C12H17N3O. The van der Waals surface area contributed by atoms with E-state index >= 15 is 0 Å². The first-order chi connectivity index (χ1) is 7.42. The van der Waals surface area contributed by atoms with Crippen molar-refractivity contribution >= 4 is 0 Å². The molecular weight excluding hydrogens is 202 g/mol. The van der Waals surface area contributed by atoms with Crippen molar-refractivity contribution in [1.29, 1.82) is 5.26 Å². The topological polar surface area (TPSA) is 68.9 Å². The normalized spacial score (nSPS) is 13.2. The lowest BCUT2D eigenvalue weighted by atomic mass is 10.1. The minimum atomic E-state index is -0.646. The molecule has 1 unspecified atom stereocenters. The Labute approximate surface area is 95.9 Å². The number of hydrogen-bond acceptors (Lipinski definition) is 4. The van der Waals surface area contributed by atoms with E-state index in [1.54, 1.807) is 12.1 Å². The van der Waals surface area contributed by atoms with Gasteiger partial charge in [-0.05, 0) is 32.9 Å². The number of β-amino-alcohol motifs (C(OH)–C–C–N with tert-alkyl or cyclic N) is 1. The van der Waals surface area contributed by atoms with Gasteiger partial charge in [0.2, 0.25) is 0 Å². The Kier molecular flexibility index (Phi) is 3.99. The summed E-state index contributed by atoms with van der Waals surface area (Å²) in [6, 6.07) is 5.32. The summed E-state index contributed by atoms with van der Waals surface area (Å²) in [6.07, 6.45) is 0.822. The third kappa shape index (κ3) is 3.97. The van der Waals surface area contributed by atoms with Gasteiger partial charge < -0.3 is 10.4 Å². The first-order valence-corrected chi connectivity index (χ1v) is 5.21. The predicted octanol–water partition coefficient (Wildman–Crippen LogP) is 1.37. The summed E-state index contributed by atoms with van der Waals surface area (Å²) in [5.41, 5.74) is 1.04. The molecule has 0 aromatic carbocycles. The molecule has 0 aliphatic heterocycles. The van der Waals surface area contributed by atoms with Crippen LogP contribution in [0.1, 0.15) is 38.1 Å². The molecule has 2 N–H and O–H groups in total. The summed E-state index contributed by atoms with van der Waals surface area (Å²) in [7, 11) is 0. The number of nitrogens with zero attached hydrogens (tertiary/aromatic N) is 2. The first kappa shape index (κ1) is 12.6. The number of pyridine rings is 1. The van der Waals surface area contributed by atoms with E-state index in [1.165, 1.54) is 6.20 Å². The Hall–Kier alpha value is -1.44. The number of aromatic nitrogens is 1. The highest BCUT2D eigenvalue weighted by Gasteiger charge is 2.14. The molecule has 86 valence electrons. The molecule has 0 spiro atoms. The zero-order valence-corrected chi connectivity index (χ0v) is 9.86. The minimum absolute atomic E-state index is 0.0342. The van der Waals surface area contributed by atoms with E-state index in [-0.39, 0.29) is 5.54 Å². The Balaban J connectivity index is 2.60. The second-order valence-corrected chi connectivity index (χ2v) is 4.73. The molecule has 0 aliphatic rings. The highest BCUT2D eigenvalue weighted by Crippen LogP contribution is 2.10. The molecule has 1 heterocycles. The van der Waals surface area contributed by atoms with Gasteiger partial charge >= 0.3 is 0 Å². The van der Waals surface area contributed by atoms with Crippen molar-refractivity contribution in [3.8, 4) is 6.07 Å². The molecule has 0 fully saturated rings. The molecule has 1 aromatic heterocycles. The molecule has 1 atom stereocenters. The van der Waals surface area contributed by atoms with E-state index in [9.17, 15) is 5.11 Å². The van der Waals surface area contributed by atoms with Gasteiger partial charge in [0.1, 0.15) is 12.2 Å². The molecule has 0 aliphatic carbocycles. The van der Waals surface area contributed by atoms with Crippen molar-refractivity contribution in [1.82, 2.24) is 10.3 Å². The van der Waals surface area contributed by atoms with Gasteiger partial charge in [0, 0.05) is 18.3 Å². The average molecular weight is 219 g/mol. The van der Waals surface area contributed by atoms with Crippen molar-refractivity contribution in [2.75, 3.05) is 6.54 Å². The minimum Gasteiger partial charge on any atom is -0.385 e. The van der Waals surface area contributed by atoms with Gasteiger partial charge in [0.05, 0.1) is 11.3 Å². The Morgan fingerprint density at radius 3 is 2.62 bits per heavy atom. The van der Waals surface area contributed by atoms with Crippen LogP contribution < -0.4 is 5.32 Å². The molecule has 0 bridgehead atoms. The van der Waals surface area contributed by atoms with Gasteiger partial charge in [0.25, 0.3) is 0 Å². The van der Waals surface area contributed by atoms with E-state index in [1.807, 2.05) is 26.8 Å². The number of nitriles is 1. The Morgan fingerprint density at radius 2 is 2.19 bits per heavy atom. The predicted molar refractivity (Wildman–Crippen MR) is 61.7 cm³/mol. The van der Waals surface area contributed by atoms with Crippen LogP contribution in [0.4, 0.5) is 0 Å². The van der Waals surface area contributed by atoms with Gasteiger partial charge in [-0.1, -0.05) is 0 Å². The summed E-state index contributed by atoms with van der Waals surface area (Å²) in [5, 5.41) is 21.6. The maximum absolute atomic E-state index is 9.84. The number of rotatable bonds is 3. The standard InChI is InChI=1S/C12H17N3O/c1-12(2,3)15-8-11(16)10-5-4-9(6-13)7-14-10/h4-5,7,11,15-16H,8H2,1-3H3. The van der Waals surface area contributed by atoms with Crippen LogP contribution in [0.2, 0.25) is 0 Å². The lowest BCUT2D eigenvalue weighted by molar-refractivity contribution is 0.159. The second kappa shape index (κ2) is 5.06. The summed E-state index contributed by atoms with van der Waals surface area (Å²) < 4.78 is 0. The zero-order chi connectivity index (χ0) is 12.2. The van der Waals surface area contributed by atoms with Crippen LogP contribution in [0.25, 0.3) is 0 Å². The molecule has 4 heteroatoms. The van der Waals surface area contributed by atoms with E-state index in [2.05, 4.69) is 10.3 Å². The summed E-state index contributed by atoms with van der Waals surface area (Å²) in [6.45, 7) is 6.55. The van der Waals surface area contributed by atoms with Gasteiger partial charge in [-0.2, -0.15) is 5.26 Å². The average Bonchev–Trinajstić information content (AvgIpc) is 2.25. The molecule has 1 aromatic rings. The molecule has 0 radical (unpaired) electrons. The molecule has 0 saturated heterocycles. The number of aliphatic hydroxyl groups is 1. The summed E-state index contributed by atoms with van der Waals surface area (Å²) >= 11 is 0. The fourth-order valence-electron chi connectivity index (χ4n) is 1.18. The highest BCUT2D eigenvalue weighted by atomic mass is 16.3. The van der Waals surface area contributed by atoms with Crippen molar-refractivity contribution in [3.05, 3.63) is 29.6 Å². The molecule has 16 heavy (non-hydrogen) atoms. The number of nitrogens with one attached hydrogen (secondary N) is 1. The third-order valence-corrected chi connectivity index (χ3v) is 2.08. The number of hydrogen-bond donors (Lipinski definition) is 2. The highest BCUT2D eigenvalue weighted by molar-refractivity contribution is 5.26. The maximum atomic E-state index is 9.84. The van der Waals surface area contributed by atoms with E-state index < -0.39 is 6.10 Å².